The van der Waals surface area contributed by atoms with Gasteiger partial charge in [0, 0.05) is 18.5 Å². The minimum Gasteiger partial charge on any atom is -0.497 e. The number of rotatable bonds is 7. The van der Waals surface area contributed by atoms with Crippen molar-refractivity contribution in [1.29, 1.82) is 0 Å². The molecule has 8 nitrogen and oxygen atoms in total. The number of benzene rings is 3. The van der Waals surface area contributed by atoms with Gasteiger partial charge < -0.3 is 14.8 Å². The fraction of sp³-hybridized carbons (Fsp3) is 0.267. The van der Waals surface area contributed by atoms with E-state index in [0.29, 0.717) is 11.6 Å². The Morgan fingerprint density at radius 1 is 0.974 bits per heavy atom. The van der Waals surface area contributed by atoms with Crippen LogP contribution in [0.2, 0.25) is 0 Å². The summed E-state index contributed by atoms with van der Waals surface area (Å²) in [5, 5.41) is 9.52. The zero-order valence-electron chi connectivity index (χ0n) is 22.3. The van der Waals surface area contributed by atoms with Crippen LogP contribution in [0.5, 0.6) is 11.5 Å². The van der Waals surface area contributed by atoms with Crippen LogP contribution in [-0.2, 0) is 9.59 Å². The molecule has 0 saturated carbocycles. The highest BCUT2D eigenvalue weighted by Gasteiger charge is 2.39. The SMILES string of the molecule is COc1ccc(C2=NN(C3=NC(=O)[C@H](CC(=O)Nc4cc(C)cc(C)c4)S3)[C@@H](c3ccc(OC)cc3)C2)cc1. The second-order valence-corrected chi connectivity index (χ2v) is 10.8. The van der Waals surface area contributed by atoms with E-state index in [1.807, 2.05) is 85.6 Å². The smallest absolute Gasteiger partial charge is 0.262 e. The Kier molecular flexibility index (Phi) is 7.70. The quantitative estimate of drug-likeness (QED) is 0.424. The Morgan fingerprint density at radius 2 is 1.59 bits per heavy atom. The molecule has 5 rings (SSSR count). The lowest BCUT2D eigenvalue weighted by molar-refractivity contribution is -0.121. The number of nitrogens with zero attached hydrogens (tertiary/aromatic N) is 3. The van der Waals surface area contributed by atoms with Crippen LogP contribution in [0, 0.1) is 13.8 Å². The zero-order valence-corrected chi connectivity index (χ0v) is 23.1. The maximum atomic E-state index is 12.9. The third kappa shape index (κ3) is 5.98. The van der Waals surface area contributed by atoms with Gasteiger partial charge in [-0.1, -0.05) is 30.0 Å². The number of hydrazone groups is 1. The summed E-state index contributed by atoms with van der Waals surface area (Å²) in [7, 11) is 3.27. The van der Waals surface area contributed by atoms with E-state index in [0.717, 1.165) is 45.2 Å². The van der Waals surface area contributed by atoms with Crippen LogP contribution in [0.1, 0.15) is 41.1 Å². The minimum atomic E-state index is -0.609. The van der Waals surface area contributed by atoms with Crippen LogP contribution in [-0.4, -0.2) is 47.2 Å². The first-order chi connectivity index (χ1) is 18.8. The molecule has 0 fully saturated rings. The number of aliphatic imine (C=N–C) groups is 1. The Bertz CT molecular complexity index is 1430. The highest BCUT2D eigenvalue weighted by molar-refractivity contribution is 8.15. The summed E-state index contributed by atoms with van der Waals surface area (Å²) in [5.41, 5.74) is 5.72. The molecule has 2 amide bonds. The number of amides is 2. The van der Waals surface area contributed by atoms with Crippen molar-refractivity contribution in [3.8, 4) is 11.5 Å². The summed E-state index contributed by atoms with van der Waals surface area (Å²) in [6.45, 7) is 3.96. The largest absolute Gasteiger partial charge is 0.497 e. The van der Waals surface area contributed by atoms with E-state index in [1.54, 1.807) is 14.2 Å². The average molecular weight is 543 g/mol. The molecule has 2 atom stereocenters. The molecule has 0 aromatic heterocycles. The van der Waals surface area contributed by atoms with Crippen LogP contribution < -0.4 is 14.8 Å². The molecule has 2 aliphatic rings. The highest BCUT2D eigenvalue weighted by atomic mass is 32.2. The van der Waals surface area contributed by atoms with Gasteiger partial charge in [-0.05, 0) is 84.6 Å². The van der Waals surface area contributed by atoms with Crippen molar-refractivity contribution < 1.29 is 19.1 Å². The number of nitrogens with one attached hydrogen (secondary N) is 1. The van der Waals surface area contributed by atoms with Gasteiger partial charge in [0.05, 0.1) is 26.0 Å². The van der Waals surface area contributed by atoms with Crippen molar-refractivity contribution in [2.45, 2.75) is 38.0 Å². The maximum Gasteiger partial charge on any atom is 0.262 e. The Hall–Kier alpha value is -4.11. The van der Waals surface area contributed by atoms with Crippen molar-refractivity contribution in [2.75, 3.05) is 19.5 Å². The normalized spacial score (nSPS) is 18.6. The molecule has 0 radical (unpaired) electrons. The first kappa shape index (κ1) is 26.5. The van der Waals surface area contributed by atoms with Crippen LogP contribution >= 0.6 is 11.8 Å². The number of amidine groups is 1. The van der Waals surface area contributed by atoms with Crippen molar-refractivity contribution in [3.63, 3.8) is 0 Å². The number of hydrogen-bond acceptors (Lipinski definition) is 7. The van der Waals surface area contributed by atoms with Gasteiger partial charge >= 0.3 is 0 Å². The Balaban J connectivity index is 1.35. The summed E-state index contributed by atoms with van der Waals surface area (Å²) < 4.78 is 10.6. The van der Waals surface area contributed by atoms with Crippen LogP contribution in [0.15, 0.2) is 76.8 Å². The molecule has 9 heteroatoms. The number of aryl methyl sites for hydroxylation is 2. The van der Waals surface area contributed by atoms with Crippen molar-refractivity contribution in [3.05, 3.63) is 89.0 Å². The molecule has 1 N–H and O–H groups in total. The minimum absolute atomic E-state index is 0.0274. The number of anilines is 1. The van der Waals surface area contributed by atoms with E-state index in [-0.39, 0.29) is 24.3 Å². The lowest BCUT2D eigenvalue weighted by Crippen LogP contribution is -2.25. The van der Waals surface area contributed by atoms with Gasteiger partial charge in [0.25, 0.3) is 5.91 Å². The molecule has 39 heavy (non-hydrogen) atoms. The van der Waals surface area contributed by atoms with E-state index < -0.39 is 5.25 Å². The number of ether oxygens (including phenoxy) is 2. The van der Waals surface area contributed by atoms with Gasteiger partial charge in [-0.15, -0.1) is 0 Å². The predicted molar refractivity (Wildman–Crippen MR) is 155 cm³/mol. The van der Waals surface area contributed by atoms with Gasteiger partial charge in [-0.25, -0.2) is 5.01 Å². The molecular formula is C30H30N4O4S. The van der Waals surface area contributed by atoms with Gasteiger partial charge in [-0.3, -0.25) is 9.59 Å². The monoisotopic (exact) mass is 542 g/mol. The molecule has 3 aromatic carbocycles. The van der Waals surface area contributed by atoms with Gasteiger partial charge in [-0.2, -0.15) is 10.1 Å². The molecule has 0 bridgehead atoms. The zero-order chi connectivity index (χ0) is 27.5. The molecule has 0 unspecified atom stereocenters. The van der Waals surface area contributed by atoms with E-state index in [2.05, 4.69) is 10.3 Å². The fourth-order valence-electron chi connectivity index (χ4n) is 4.76. The topological polar surface area (TPSA) is 92.6 Å². The van der Waals surface area contributed by atoms with E-state index in [4.69, 9.17) is 14.6 Å². The van der Waals surface area contributed by atoms with Gasteiger partial charge in [0.2, 0.25) is 5.91 Å². The number of methoxy groups -OCH3 is 2. The molecule has 0 spiro atoms. The third-order valence-corrected chi connectivity index (χ3v) is 7.78. The second kappa shape index (κ2) is 11.3. The third-order valence-electron chi connectivity index (χ3n) is 6.64. The molecule has 2 aliphatic heterocycles. The van der Waals surface area contributed by atoms with E-state index in [1.165, 1.54) is 11.8 Å². The summed E-state index contributed by atoms with van der Waals surface area (Å²) >= 11 is 1.28. The molecule has 200 valence electrons. The standard InChI is InChI=1S/C30H30N4O4S/c1-18-13-19(2)15-22(14-18)31-28(35)17-27-29(36)32-30(39-27)34-26(21-7-11-24(38-4)12-8-21)16-25(33-34)20-5-9-23(37-3)10-6-20/h5-15,26-27H,16-17H2,1-4H3,(H,31,35)/t26-,27+/m1/s1. The number of carbonyl (C=O) groups is 2. The average Bonchev–Trinajstić information content (AvgIpc) is 3.52. The number of thioether (sulfide) groups is 1. The van der Waals surface area contributed by atoms with Crippen LogP contribution in [0.4, 0.5) is 5.69 Å². The van der Waals surface area contributed by atoms with Crippen molar-refractivity contribution in [2.24, 2.45) is 10.1 Å². The summed E-state index contributed by atoms with van der Waals surface area (Å²) in [5.74, 6) is 0.978. The van der Waals surface area contributed by atoms with Crippen LogP contribution in [0.25, 0.3) is 0 Å². The first-order valence-corrected chi connectivity index (χ1v) is 13.5. The molecule has 0 aliphatic carbocycles. The number of carbonyl (C=O) groups excluding carboxylic acids is 2. The lowest BCUT2D eigenvalue weighted by atomic mass is 9.98. The molecule has 2 heterocycles. The van der Waals surface area contributed by atoms with Gasteiger partial charge in [0.1, 0.15) is 16.7 Å². The molecule has 3 aromatic rings. The summed E-state index contributed by atoms with van der Waals surface area (Å²) in [6.07, 6.45) is 0.657. The summed E-state index contributed by atoms with van der Waals surface area (Å²) in [4.78, 5) is 30.0. The summed E-state index contributed by atoms with van der Waals surface area (Å²) in [6, 6.07) is 21.3. The van der Waals surface area contributed by atoms with Crippen molar-refractivity contribution in [1.82, 2.24) is 5.01 Å². The van der Waals surface area contributed by atoms with E-state index in [9.17, 15) is 9.59 Å². The lowest BCUT2D eigenvalue weighted by Gasteiger charge is -2.23. The molecule has 0 saturated heterocycles. The number of hydrogen-bond donors (Lipinski definition) is 1. The van der Waals surface area contributed by atoms with Crippen molar-refractivity contribution >= 4 is 40.1 Å². The Labute approximate surface area is 232 Å². The fourth-order valence-corrected chi connectivity index (χ4v) is 5.82. The highest BCUT2D eigenvalue weighted by Crippen LogP contribution is 2.39. The second-order valence-electron chi connectivity index (χ2n) is 9.58. The Morgan fingerprint density at radius 3 is 2.21 bits per heavy atom. The van der Waals surface area contributed by atoms with Crippen LogP contribution in [0.3, 0.4) is 0 Å². The molecular weight excluding hydrogens is 512 g/mol. The van der Waals surface area contributed by atoms with E-state index >= 15 is 0 Å². The maximum absolute atomic E-state index is 12.9. The van der Waals surface area contributed by atoms with Gasteiger partial charge in [0.15, 0.2) is 5.17 Å². The predicted octanol–water partition coefficient (Wildman–Crippen LogP) is 5.50. The first-order valence-electron chi connectivity index (χ1n) is 12.7.